The van der Waals surface area contributed by atoms with Gasteiger partial charge in [0.15, 0.2) is 0 Å². The van der Waals surface area contributed by atoms with Gasteiger partial charge in [-0.1, -0.05) is 6.07 Å². The molecule has 2 aromatic heterocycles. The Morgan fingerprint density at radius 2 is 2.29 bits per heavy atom. The average Bonchev–Trinajstić information content (AvgIpc) is 3.24. The Morgan fingerprint density at radius 1 is 1.38 bits per heavy atom. The molecule has 7 heteroatoms. The summed E-state index contributed by atoms with van der Waals surface area (Å²) in [5.74, 6) is 0.571. The van der Waals surface area contributed by atoms with Gasteiger partial charge < -0.3 is 4.90 Å². The standard InChI is InChI=1S/C17H22N6O/c1-21-14(10-23-12-18-11-20-23)8-13-9-22(7-5-16(13)21)17(24)15-4-2-3-6-19-15/h2-4,6,11-14,16H,5,7-10H2,1H3/t13-,14+,16+/m0/s1. The van der Waals surface area contributed by atoms with Crippen LogP contribution in [0.5, 0.6) is 0 Å². The SMILES string of the molecule is CN1[C@@H](Cn2cncn2)C[C@H]2CN(C(=O)c3ccccn3)CC[C@H]21. The first-order valence-corrected chi connectivity index (χ1v) is 8.47. The first-order chi connectivity index (χ1) is 11.7. The molecule has 7 nitrogen and oxygen atoms in total. The number of likely N-dealkylation sites (tertiary alicyclic amines) is 2. The zero-order chi connectivity index (χ0) is 16.5. The molecule has 0 aliphatic carbocycles. The number of aromatic nitrogens is 4. The topological polar surface area (TPSA) is 67.2 Å². The molecule has 4 heterocycles. The Kier molecular flexibility index (Phi) is 4.02. The minimum absolute atomic E-state index is 0.0522. The molecule has 4 rings (SSSR count). The first kappa shape index (κ1) is 15.3. The number of piperidine rings is 1. The van der Waals surface area contributed by atoms with Crippen LogP contribution in [0.25, 0.3) is 0 Å². The van der Waals surface area contributed by atoms with Gasteiger partial charge in [-0.25, -0.2) is 4.98 Å². The summed E-state index contributed by atoms with van der Waals surface area (Å²) in [7, 11) is 2.20. The average molecular weight is 326 g/mol. The van der Waals surface area contributed by atoms with E-state index < -0.39 is 0 Å². The summed E-state index contributed by atoms with van der Waals surface area (Å²) >= 11 is 0. The zero-order valence-electron chi connectivity index (χ0n) is 13.8. The third-order valence-corrected chi connectivity index (χ3v) is 5.40. The molecule has 2 aromatic rings. The molecular weight excluding hydrogens is 304 g/mol. The van der Waals surface area contributed by atoms with Crippen molar-refractivity contribution in [3.05, 3.63) is 42.7 Å². The van der Waals surface area contributed by atoms with E-state index in [9.17, 15) is 4.79 Å². The Morgan fingerprint density at radius 3 is 3.04 bits per heavy atom. The lowest BCUT2D eigenvalue weighted by Crippen LogP contribution is -2.48. The highest BCUT2D eigenvalue weighted by Crippen LogP contribution is 2.35. The number of hydrogen-bond donors (Lipinski definition) is 0. The summed E-state index contributed by atoms with van der Waals surface area (Å²) in [5.41, 5.74) is 0.543. The third kappa shape index (κ3) is 2.80. The van der Waals surface area contributed by atoms with Crippen molar-refractivity contribution in [1.29, 1.82) is 0 Å². The normalized spacial score (nSPS) is 27.2. The maximum atomic E-state index is 12.6. The highest BCUT2D eigenvalue weighted by atomic mass is 16.2. The Balaban J connectivity index is 1.43. The maximum Gasteiger partial charge on any atom is 0.272 e. The summed E-state index contributed by atoms with van der Waals surface area (Å²) in [6, 6.07) is 6.49. The summed E-state index contributed by atoms with van der Waals surface area (Å²) in [6.45, 7) is 2.48. The summed E-state index contributed by atoms with van der Waals surface area (Å²) in [5, 5.41) is 4.22. The molecule has 126 valence electrons. The summed E-state index contributed by atoms with van der Waals surface area (Å²) in [4.78, 5) is 25.3. The molecule has 24 heavy (non-hydrogen) atoms. The highest BCUT2D eigenvalue weighted by molar-refractivity contribution is 5.92. The van der Waals surface area contributed by atoms with Crippen molar-refractivity contribution < 1.29 is 4.79 Å². The van der Waals surface area contributed by atoms with E-state index in [0.717, 1.165) is 32.5 Å². The van der Waals surface area contributed by atoms with Crippen LogP contribution in [0.1, 0.15) is 23.3 Å². The second-order valence-corrected chi connectivity index (χ2v) is 6.75. The van der Waals surface area contributed by atoms with Gasteiger partial charge in [-0.3, -0.25) is 19.4 Å². The van der Waals surface area contributed by atoms with Crippen LogP contribution < -0.4 is 0 Å². The van der Waals surface area contributed by atoms with E-state index >= 15 is 0 Å². The van der Waals surface area contributed by atoms with Crippen molar-refractivity contribution in [1.82, 2.24) is 29.5 Å². The number of rotatable bonds is 3. The monoisotopic (exact) mass is 326 g/mol. The number of amides is 1. The fraction of sp³-hybridized carbons (Fsp3) is 0.529. The maximum absolute atomic E-state index is 12.6. The second kappa shape index (κ2) is 6.32. The number of carbonyl (C=O) groups is 1. The molecule has 0 saturated carbocycles. The van der Waals surface area contributed by atoms with Gasteiger partial charge in [-0.15, -0.1) is 0 Å². The molecule has 2 saturated heterocycles. The van der Waals surface area contributed by atoms with E-state index in [4.69, 9.17) is 0 Å². The molecule has 0 N–H and O–H groups in total. The summed E-state index contributed by atoms with van der Waals surface area (Å²) in [6.07, 6.45) is 7.14. The van der Waals surface area contributed by atoms with Gasteiger partial charge in [0.2, 0.25) is 0 Å². The Bertz CT molecular complexity index is 688. The van der Waals surface area contributed by atoms with Crippen LogP contribution in [0.3, 0.4) is 0 Å². The summed E-state index contributed by atoms with van der Waals surface area (Å²) < 4.78 is 1.90. The van der Waals surface area contributed by atoms with Crippen molar-refractivity contribution in [2.45, 2.75) is 31.5 Å². The lowest BCUT2D eigenvalue weighted by Gasteiger charge is -2.37. The lowest BCUT2D eigenvalue weighted by molar-refractivity contribution is 0.0601. The van der Waals surface area contributed by atoms with Crippen LogP contribution in [0.4, 0.5) is 0 Å². The van der Waals surface area contributed by atoms with E-state index in [2.05, 4.69) is 27.0 Å². The van der Waals surface area contributed by atoms with Gasteiger partial charge in [0.1, 0.15) is 18.3 Å². The molecule has 3 atom stereocenters. The quantitative estimate of drug-likeness (QED) is 0.839. The van der Waals surface area contributed by atoms with Gasteiger partial charge in [0, 0.05) is 31.4 Å². The van der Waals surface area contributed by atoms with Crippen LogP contribution in [0.2, 0.25) is 0 Å². The van der Waals surface area contributed by atoms with E-state index in [-0.39, 0.29) is 5.91 Å². The van der Waals surface area contributed by atoms with Crippen molar-refractivity contribution in [3.8, 4) is 0 Å². The molecule has 0 spiro atoms. The van der Waals surface area contributed by atoms with Crippen molar-refractivity contribution >= 4 is 5.91 Å². The number of likely N-dealkylation sites (N-methyl/N-ethyl adjacent to an activating group) is 1. The van der Waals surface area contributed by atoms with E-state index in [0.29, 0.717) is 23.7 Å². The molecule has 2 aliphatic heterocycles. The molecular formula is C17H22N6O. The Labute approximate surface area is 141 Å². The molecule has 0 bridgehead atoms. The highest BCUT2D eigenvalue weighted by Gasteiger charge is 2.43. The van der Waals surface area contributed by atoms with Crippen LogP contribution >= 0.6 is 0 Å². The van der Waals surface area contributed by atoms with Gasteiger partial charge in [-0.05, 0) is 37.9 Å². The van der Waals surface area contributed by atoms with E-state index in [1.54, 1.807) is 24.9 Å². The largest absolute Gasteiger partial charge is 0.337 e. The number of nitrogens with zero attached hydrogens (tertiary/aromatic N) is 6. The molecule has 0 aromatic carbocycles. The predicted octanol–water partition coefficient (Wildman–Crippen LogP) is 0.908. The van der Waals surface area contributed by atoms with Gasteiger partial charge in [-0.2, -0.15) is 5.10 Å². The molecule has 0 radical (unpaired) electrons. The van der Waals surface area contributed by atoms with Crippen molar-refractivity contribution in [2.24, 2.45) is 5.92 Å². The van der Waals surface area contributed by atoms with Gasteiger partial charge >= 0.3 is 0 Å². The number of pyridine rings is 1. The predicted molar refractivity (Wildman–Crippen MR) is 88.2 cm³/mol. The first-order valence-electron chi connectivity index (χ1n) is 8.47. The number of carbonyl (C=O) groups excluding carboxylic acids is 1. The minimum Gasteiger partial charge on any atom is -0.337 e. The number of hydrogen-bond acceptors (Lipinski definition) is 5. The van der Waals surface area contributed by atoms with Crippen molar-refractivity contribution in [2.75, 3.05) is 20.1 Å². The van der Waals surface area contributed by atoms with Crippen LogP contribution in [-0.2, 0) is 6.54 Å². The minimum atomic E-state index is 0.0522. The van der Waals surface area contributed by atoms with Crippen molar-refractivity contribution in [3.63, 3.8) is 0 Å². The fourth-order valence-corrected chi connectivity index (χ4v) is 4.16. The fourth-order valence-electron chi connectivity index (χ4n) is 4.16. The number of fused-ring (bicyclic) bond motifs is 1. The molecule has 0 unspecified atom stereocenters. The molecule has 1 amide bonds. The van der Waals surface area contributed by atoms with E-state index in [1.165, 1.54) is 0 Å². The van der Waals surface area contributed by atoms with E-state index in [1.807, 2.05) is 21.7 Å². The molecule has 2 aliphatic rings. The smallest absolute Gasteiger partial charge is 0.272 e. The third-order valence-electron chi connectivity index (χ3n) is 5.40. The van der Waals surface area contributed by atoms with Crippen LogP contribution in [-0.4, -0.2) is 67.7 Å². The lowest BCUT2D eigenvalue weighted by atomic mass is 9.92. The molecule has 2 fully saturated rings. The van der Waals surface area contributed by atoms with Crippen LogP contribution in [0, 0.1) is 5.92 Å². The Hall–Kier alpha value is -2.28. The zero-order valence-corrected chi connectivity index (χ0v) is 13.8. The van der Waals surface area contributed by atoms with Gasteiger partial charge in [0.25, 0.3) is 5.91 Å². The second-order valence-electron chi connectivity index (χ2n) is 6.75. The van der Waals surface area contributed by atoms with Crippen LogP contribution in [0.15, 0.2) is 37.1 Å². The van der Waals surface area contributed by atoms with Gasteiger partial charge in [0.05, 0.1) is 6.54 Å².